The van der Waals surface area contributed by atoms with Crippen LogP contribution in [-0.2, 0) is 6.54 Å². The molecule has 82 valence electrons. The van der Waals surface area contributed by atoms with E-state index in [9.17, 15) is 0 Å². The standard InChI is InChI=1S/C10H11N5S/c1-7-2-4-12-10(14-7)16-9-8(6-11)3-5-13-15-9/h2-5H,6,11H2,1H3. The van der Waals surface area contributed by atoms with Crippen LogP contribution in [0.5, 0.6) is 0 Å². The number of nitrogens with two attached hydrogens (primary N) is 1. The van der Waals surface area contributed by atoms with Gasteiger partial charge in [-0.1, -0.05) is 0 Å². The van der Waals surface area contributed by atoms with Gasteiger partial charge in [-0.25, -0.2) is 9.97 Å². The summed E-state index contributed by atoms with van der Waals surface area (Å²) in [7, 11) is 0. The van der Waals surface area contributed by atoms with E-state index in [1.807, 2.05) is 19.1 Å². The van der Waals surface area contributed by atoms with Gasteiger partial charge < -0.3 is 5.73 Å². The molecule has 0 amide bonds. The fourth-order valence-electron chi connectivity index (χ4n) is 1.15. The highest BCUT2D eigenvalue weighted by molar-refractivity contribution is 7.99. The summed E-state index contributed by atoms with van der Waals surface area (Å²) in [6, 6.07) is 3.70. The van der Waals surface area contributed by atoms with Gasteiger partial charge in [0.1, 0.15) is 5.03 Å². The smallest absolute Gasteiger partial charge is 0.194 e. The Morgan fingerprint density at radius 2 is 2.19 bits per heavy atom. The summed E-state index contributed by atoms with van der Waals surface area (Å²) in [5.41, 5.74) is 7.49. The van der Waals surface area contributed by atoms with E-state index >= 15 is 0 Å². The van der Waals surface area contributed by atoms with Gasteiger partial charge in [0, 0.05) is 30.2 Å². The third-order valence-electron chi connectivity index (χ3n) is 1.95. The van der Waals surface area contributed by atoms with Gasteiger partial charge in [0.25, 0.3) is 0 Å². The van der Waals surface area contributed by atoms with E-state index in [0.717, 1.165) is 16.3 Å². The number of hydrogen-bond acceptors (Lipinski definition) is 6. The van der Waals surface area contributed by atoms with Crippen LogP contribution in [0.1, 0.15) is 11.3 Å². The van der Waals surface area contributed by atoms with Gasteiger partial charge >= 0.3 is 0 Å². The lowest BCUT2D eigenvalue weighted by atomic mass is 10.3. The fourth-order valence-corrected chi connectivity index (χ4v) is 1.99. The van der Waals surface area contributed by atoms with Gasteiger partial charge in [-0.15, -0.1) is 5.10 Å². The van der Waals surface area contributed by atoms with Crippen LogP contribution >= 0.6 is 11.8 Å². The largest absolute Gasteiger partial charge is 0.326 e. The summed E-state index contributed by atoms with van der Waals surface area (Å²) >= 11 is 1.38. The number of aryl methyl sites for hydroxylation is 1. The van der Waals surface area contributed by atoms with Crippen molar-refractivity contribution in [1.82, 2.24) is 20.2 Å². The first kappa shape index (κ1) is 11.0. The van der Waals surface area contributed by atoms with Gasteiger partial charge in [-0.3, -0.25) is 0 Å². The zero-order valence-electron chi connectivity index (χ0n) is 8.79. The summed E-state index contributed by atoms with van der Waals surface area (Å²) in [5.74, 6) is 0. The Labute approximate surface area is 97.5 Å². The molecule has 0 fully saturated rings. The Bertz CT molecular complexity index is 488. The molecule has 0 aliphatic heterocycles. The van der Waals surface area contributed by atoms with Crippen LogP contribution in [0.2, 0.25) is 0 Å². The van der Waals surface area contributed by atoms with Crippen molar-refractivity contribution in [1.29, 1.82) is 0 Å². The SMILES string of the molecule is Cc1ccnc(Sc2nnccc2CN)n1. The molecular weight excluding hydrogens is 222 g/mol. The van der Waals surface area contributed by atoms with Crippen LogP contribution in [0.3, 0.4) is 0 Å². The summed E-state index contributed by atoms with van der Waals surface area (Å²) in [6.45, 7) is 2.36. The minimum absolute atomic E-state index is 0.434. The Morgan fingerprint density at radius 1 is 1.31 bits per heavy atom. The molecule has 2 aromatic rings. The molecule has 0 aliphatic rings. The third-order valence-corrected chi connectivity index (χ3v) is 2.86. The second-order valence-electron chi connectivity index (χ2n) is 3.15. The first-order valence-corrected chi connectivity index (χ1v) is 5.59. The molecule has 16 heavy (non-hydrogen) atoms. The molecular formula is C10H11N5S. The summed E-state index contributed by atoms with van der Waals surface area (Å²) < 4.78 is 0. The molecule has 2 heterocycles. The molecule has 2 N–H and O–H groups in total. The zero-order chi connectivity index (χ0) is 11.4. The molecule has 0 radical (unpaired) electrons. The predicted octanol–water partition coefficient (Wildman–Crippen LogP) is 1.18. The van der Waals surface area contributed by atoms with Crippen LogP contribution in [0.4, 0.5) is 0 Å². The van der Waals surface area contributed by atoms with Crippen molar-refractivity contribution in [2.24, 2.45) is 5.73 Å². The highest BCUT2D eigenvalue weighted by Gasteiger charge is 2.07. The average Bonchev–Trinajstić information content (AvgIpc) is 2.30. The number of nitrogens with zero attached hydrogens (tertiary/aromatic N) is 4. The van der Waals surface area contributed by atoms with E-state index < -0.39 is 0 Å². The van der Waals surface area contributed by atoms with E-state index in [1.165, 1.54) is 11.8 Å². The van der Waals surface area contributed by atoms with Gasteiger partial charge in [0.05, 0.1) is 0 Å². The first-order valence-electron chi connectivity index (χ1n) is 4.77. The van der Waals surface area contributed by atoms with Crippen molar-refractivity contribution in [3.63, 3.8) is 0 Å². The lowest BCUT2D eigenvalue weighted by Crippen LogP contribution is -2.01. The lowest BCUT2D eigenvalue weighted by molar-refractivity contribution is 0.856. The van der Waals surface area contributed by atoms with Gasteiger partial charge in [-0.05, 0) is 30.8 Å². The lowest BCUT2D eigenvalue weighted by Gasteiger charge is -2.03. The third kappa shape index (κ3) is 2.53. The van der Waals surface area contributed by atoms with Crippen molar-refractivity contribution in [3.8, 4) is 0 Å². The molecule has 6 heteroatoms. The van der Waals surface area contributed by atoms with Crippen LogP contribution in [0.15, 0.2) is 34.7 Å². The van der Waals surface area contributed by atoms with Gasteiger partial charge in [0.15, 0.2) is 5.16 Å². The monoisotopic (exact) mass is 233 g/mol. The van der Waals surface area contributed by atoms with Crippen LogP contribution in [-0.4, -0.2) is 20.2 Å². The zero-order valence-corrected chi connectivity index (χ0v) is 9.61. The Kier molecular flexibility index (Phi) is 3.43. The molecule has 0 unspecified atom stereocenters. The highest BCUT2D eigenvalue weighted by atomic mass is 32.2. The maximum absolute atomic E-state index is 5.61. The molecule has 2 rings (SSSR count). The molecule has 0 atom stereocenters. The molecule has 0 spiro atoms. The van der Waals surface area contributed by atoms with Crippen LogP contribution in [0, 0.1) is 6.92 Å². The molecule has 0 saturated carbocycles. The van der Waals surface area contributed by atoms with E-state index in [1.54, 1.807) is 12.4 Å². The van der Waals surface area contributed by atoms with Crippen molar-refractivity contribution in [2.75, 3.05) is 0 Å². The van der Waals surface area contributed by atoms with E-state index in [-0.39, 0.29) is 0 Å². The first-order chi connectivity index (χ1) is 7.79. The molecule has 0 bridgehead atoms. The topological polar surface area (TPSA) is 77.6 Å². The number of hydrogen-bond donors (Lipinski definition) is 1. The number of rotatable bonds is 3. The normalized spacial score (nSPS) is 10.4. The van der Waals surface area contributed by atoms with Gasteiger partial charge in [-0.2, -0.15) is 5.10 Å². The molecule has 0 saturated heterocycles. The summed E-state index contributed by atoms with van der Waals surface area (Å²) in [4.78, 5) is 8.44. The second-order valence-corrected chi connectivity index (χ2v) is 4.10. The summed E-state index contributed by atoms with van der Waals surface area (Å²) in [6.07, 6.45) is 3.35. The molecule has 0 aliphatic carbocycles. The summed E-state index contributed by atoms with van der Waals surface area (Å²) in [5, 5.41) is 9.28. The molecule has 0 aromatic carbocycles. The van der Waals surface area contributed by atoms with Crippen molar-refractivity contribution >= 4 is 11.8 Å². The maximum Gasteiger partial charge on any atom is 0.194 e. The van der Waals surface area contributed by atoms with Crippen molar-refractivity contribution < 1.29 is 0 Å². The maximum atomic E-state index is 5.61. The average molecular weight is 233 g/mol. The van der Waals surface area contributed by atoms with Crippen molar-refractivity contribution in [2.45, 2.75) is 23.7 Å². The Morgan fingerprint density at radius 3 is 2.94 bits per heavy atom. The van der Waals surface area contributed by atoms with E-state index in [0.29, 0.717) is 11.7 Å². The van der Waals surface area contributed by atoms with E-state index in [4.69, 9.17) is 5.73 Å². The Hall–Kier alpha value is -1.53. The minimum atomic E-state index is 0.434. The quantitative estimate of drug-likeness (QED) is 0.802. The molecule has 2 aromatic heterocycles. The molecule has 5 nitrogen and oxygen atoms in total. The van der Waals surface area contributed by atoms with Crippen molar-refractivity contribution in [3.05, 3.63) is 35.8 Å². The predicted molar refractivity (Wildman–Crippen MR) is 60.8 cm³/mol. The highest BCUT2D eigenvalue weighted by Crippen LogP contribution is 2.24. The second kappa shape index (κ2) is 5.00. The fraction of sp³-hybridized carbons (Fsp3) is 0.200. The van der Waals surface area contributed by atoms with Crippen LogP contribution in [0.25, 0.3) is 0 Å². The van der Waals surface area contributed by atoms with E-state index in [2.05, 4.69) is 20.2 Å². The minimum Gasteiger partial charge on any atom is -0.326 e. The van der Waals surface area contributed by atoms with Gasteiger partial charge in [0.2, 0.25) is 0 Å². The number of aromatic nitrogens is 4. The Balaban J connectivity index is 2.26. The van der Waals surface area contributed by atoms with Crippen LogP contribution < -0.4 is 5.73 Å².